The zero-order chi connectivity index (χ0) is 21.1. The number of piperidine rings is 1. The van der Waals surface area contributed by atoms with Crippen molar-refractivity contribution < 1.29 is 14.3 Å². The maximum absolute atomic E-state index is 12.8. The highest BCUT2D eigenvalue weighted by atomic mass is 16.5. The van der Waals surface area contributed by atoms with Crippen LogP contribution in [0.25, 0.3) is 11.1 Å². The van der Waals surface area contributed by atoms with E-state index in [1.54, 1.807) is 7.11 Å². The molecule has 30 heavy (non-hydrogen) atoms. The number of hydrogen-bond acceptors (Lipinski definition) is 3. The summed E-state index contributed by atoms with van der Waals surface area (Å²) in [6.45, 7) is 1.18. The monoisotopic (exact) mass is 406 g/mol. The highest BCUT2D eigenvalue weighted by molar-refractivity contribution is 5.84. The fraction of sp³-hybridized carbons (Fsp3) is 0.440. The summed E-state index contributed by atoms with van der Waals surface area (Å²) in [4.78, 5) is 27.2. The first-order valence-electron chi connectivity index (χ1n) is 10.8. The lowest BCUT2D eigenvalue weighted by molar-refractivity contribution is -0.145. The standard InChI is InChI=1S/C25H30N2O3/c1-30-22-12-10-20(11-13-22)19-8-6-18(7-9-19)16-25(24(26)29)14-3-15-27(17-25)23(28)21-4-2-5-21/h6-13,21H,2-5,14-17H2,1H3,(H2,26,29). The fourth-order valence-corrected chi connectivity index (χ4v) is 4.66. The van der Waals surface area contributed by atoms with Crippen molar-refractivity contribution in [3.8, 4) is 16.9 Å². The maximum atomic E-state index is 12.8. The summed E-state index contributed by atoms with van der Waals surface area (Å²) in [7, 11) is 1.66. The molecule has 2 fully saturated rings. The third kappa shape index (κ3) is 4.07. The molecule has 2 aliphatic rings. The van der Waals surface area contributed by atoms with Gasteiger partial charge in [-0.3, -0.25) is 9.59 Å². The molecule has 2 amide bonds. The zero-order valence-electron chi connectivity index (χ0n) is 17.6. The third-order valence-electron chi connectivity index (χ3n) is 6.79. The van der Waals surface area contributed by atoms with Gasteiger partial charge in [-0.05, 0) is 60.9 Å². The van der Waals surface area contributed by atoms with E-state index < -0.39 is 5.41 Å². The van der Waals surface area contributed by atoms with E-state index in [0.29, 0.717) is 13.0 Å². The van der Waals surface area contributed by atoms with Crippen LogP contribution in [0.5, 0.6) is 5.75 Å². The maximum Gasteiger partial charge on any atom is 0.225 e. The molecule has 1 unspecified atom stereocenters. The van der Waals surface area contributed by atoms with Gasteiger partial charge in [0, 0.05) is 19.0 Å². The quantitative estimate of drug-likeness (QED) is 0.793. The van der Waals surface area contributed by atoms with Gasteiger partial charge in [-0.25, -0.2) is 0 Å². The molecule has 0 aromatic heterocycles. The van der Waals surface area contributed by atoms with E-state index in [0.717, 1.165) is 61.1 Å². The van der Waals surface area contributed by atoms with Gasteiger partial charge >= 0.3 is 0 Å². The van der Waals surface area contributed by atoms with Crippen molar-refractivity contribution in [2.45, 2.75) is 38.5 Å². The average Bonchev–Trinajstić information content (AvgIpc) is 2.73. The highest BCUT2D eigenvalue weighted by Gasteiger charge is 2.43. The molecule has 0 spiro atoms. The number of carbonyl (C=O) groups excluding carboxylic acids is 2. The van der Waals surface area contributed by atoms with Gasteiger partial charge in [-0.15, -0.1) is 0 Å². The summed E-state index contributed by atoms with van der Waals surface area (Å²) in [5.74, 6) is 0.892. The molecule has 2 aromatic rings. The predicted molar refractivity (Wildman–Crippen MR) is 117 cm³/mol. The number of carbonyl (C=O) groups is 2. The summed E-state index contributed by atoms with van der Waals surface area (Å²) in [6, 6.07) is 16.2. The number of primary amides is 1. The Bertz CT molecular complexity index is 903. The average molecular weight is 407 g/mol. The third-order valence-corrected chi connectivity index (χ3v) is 6.79. The van der Waals surface area contributed by atoms with Crippen LogP contribution in [-0.2, 0) is 16.0 Å². The van der Waals surface area contributed by atoms with Crippen molar-refractivity contribution >= 4 is 11.8 Å². The summed E-state index contributed by atoms with van der Waals surface area (Å²) in [6.07, 6.45) is 5.21. The largest absolute Gasteiger partial charge is 0.497 e. The van der Waals surface area contributed by atoms with Crippen molar-refractivity contribution in [2.24, 2.45) is 17.1 Å². The van der Waals surface area contributed by atoms with Gasteiger partial charge in [0.05, 0.1) is 12.5 Å². The Labute approximate surface area is 178 Å². The number of methoxy groups -OCH3 is 1. The van der Waals surface area contributed by atoms with Crippen LogP contribution in [-0.4, -0.2) is 36.9 Å². The molecule has 4 rings (SSSR count). The van der Waals surface area contributed by atoms with Crippen LogP contribution in [0, 0.1) is 11.3 Å². The molecular weight excluding hydrogens is 376 g/mol. The van der Waals surface area contributed by atoms with Crippen molar-refractivity contribution in [1.29, 1.82) is 0 Å². The van der Waals surface area contributed by atoms with Crippen LogP contribution >= 0.6 is 0 Å². The lowest BCUT2D eigenvalue weighted by Gasteiger charge is -2.43. The summed E-state index contributed by atoms with van der Waals surface area (Å²) in [5.41, 5.74) is 8.51. The molecule has 5 nitrogen and oxygen atoms in total. The normalized spacial score (nSPS) is 21.7. The molecule has 1 aliphatic carbocycles. The molecule has 5 heteroatoms. The molecule has 1 saturated carbocycles. The molecule has 2 aromatic carbocycles. The predicted octanol–water partition coefficient (Wildman–Crippen LogP) is 3.80. The van der Waals surface area contributed by atoms with E-state index in [2.05, 4.69) is 24.3 Å². The molecule has 0 radical (unpaired) electrons. The molecule has 1 atom stereocenters. The molecule has 1 aliphatic heterocycles. The highest BCUT2D eigenvalue weighted by Crippen LogP contribution is 2.37. The van der Waals surface area contributed by atoms with Gasteiger partial charge in [0.2, 0.25) is 11.8 Å². The minimum absolute atomic E-state index is 0.150. The first kappa shape index (κ1) is 20.5. The Morgan fingerprint density at radius 1 is 1.03 bits per heavy atom. The van der Waals surface area contributed by atoms with Crippen LogP contribution in [0.15, 0.2) is 48.5 Å². The Morgan fingerprint density at radius 2 is 1.67 bits per heavy atom. The number of nitrogens with zero attached hydrogens (tertiary/aromatic N) is 1. The molecule has 1 saturated heterocycles. The van der Waals surface area contributed by atoms with E-state index in [1.807, 2.05) is 29.2 Å². The van der Waals surface area contributed by atoms with Crippen molar-refractivity contribution in [2.75, 3.05) is 20.2 Å². The van der Waals surface area contributed by atoms with E-state index in [1.165, 1.54) is 0 Å². The Morgan fingerprint density at radius 3 is 2.20 bits per heavy atom. The second kappa shape index (κ2) is 8.50. The number of rotatable bonds is 6. The second-order valence-electron chi connectivity index (χ2n) is 8.74. The summed E-state index contributed by atoms with van der Waals surface area (Å²) >= 11 is 0. The van der Waals surface area contributed by atoms with Crippen LogP contribution in [0.3, 0.4) is 0 Å². The first-order valence-corrected chi connectivity index (χ1v) is 10.8. The number of likely N-dealkylation sites (tertiary alicyclic amines) is 1. The second-order valence-corrected chi connectivity index (χ2v) is 8.74. The lowest BCUT2D eigenvalue weighted by atomic mass is 9.73. The van der Waals surface area contributed by atoms with Crippen molar-refractivity contribution in [3.05, 3.63) is 54.1 Å². The van der Waals surface area contributed by atoms with Crippen LogP contribution in [0.4, 0.5) is 0 Å². The molecule has 2 N–H and O–H groups in total. The van der Waals surface area contributed by atoms with Gasteiger partial charge in [0.25, 0.3) is 0 Å². The van der Waals surface area contributed by atoms with Crippen LogP contribution in [0.1, 0.15) is 37.7 Å². The van der Waals surface area contributed by atoms with Gasteiger partial charge in [0.1, 0.15) is 5.75 Å². The first-order chi connectivity index (χ1) is 14.5. The van der Waals surface area contributed by atoms with Crippen LogP contribution in [0.2, 0.25) is 0 Å². The minimum atomic E-state index is -0.681. The Kier molecular flexibility index (Phi) is 5.80. The lowest BCUT2D eigenvalue weighted by Crippen LogP contribution is -2.54. The molecule has 0 bridgehead atoms. The molecule has 1 heterocycles. The SMILES string of the molecule is COc1ccc(-c2ccc(CC3(C(N)=O)CCCN(C(=O)C4CCC4)C3)cc2)cc1. The smallest absolute Gasteiger partial charge is 0.225 e. The minimum Gasteiger partial charge on any atom is -0.497 e. The Balaban J connectivity index is 1.49. The van der Waals surface area contributed by atoms with E-state index in [9.17, 15) is 9.59 Å². The number of nitrogens with two attached hydrogens (primary N) is 1. The number of hydrogen-bond donors (Lipinski definition) is 1. The molecule has 158 valence electrons. The van der Waals surface area contributed by atoms with Gasteiger partial charge < -0.3 is 15.4 Å². The fourth-order valence-electron chi connectivity index (χ4n) is 4.66. The van der Waals surface area contributed by atoms with Gasteiger partial charge in [-0.2, -0.15) is 0 Å². The zero-order valence-corrected chi connectivity index (χ0v) is 17.6. The number of benzene rings is 2. The van der Waals surface area contributed by atoms with Crippen molar-refractivity contribution in [1.82, 2.24) is 4.90 Å². The Hall–Kier alpha value is -2.82. The summed E-state index contributed by atoms with van der Waals surface area (Å²) < 4.78 is 5.22. The van der Waals surface area contributed by atoms with Crippen molar-refractivity contribution in [3.63, 3.8) is 0 Å². The van der Waals surface area contributed by atoms with E-state index in [4.69, 9.17) is 10.5 Å². The summed E-state index contributed by atoms with van der Waals surface area (Å²) in [5, 5.41) is 0. The number of amides is 2. The van der Waals surface area contributed by atoms with Crippen LogP contribution < -0.4 is 10.5 Å². The van der Waals surface area contributed by atoms with Gasteiger partial charge in [-0.1, -0.05) is 42.8 Å². The van der Waals surface area contributed by atoms with E-state index >= 15 is 0 Å². The molecular formula is C25H30N2O3. The van der Waals surface area contributed by atoms with Gasteiger partial charge in [0.15, 0.2) is 0 Å². The topological polar surface area (TPSA) is 72.6 Å². The number of ether oxygens (including phenoxy) is 1. The van der Waals surface area contributed by atoms with E-state index in [-0.39, 0.29) is 17.7 Å².